The third-order valence-corrected chi connectivity index (χ3v) is 5.04. The summed E-state index contributed by atoms with van der Waals surface area (Å²) in [5.74, 6) is -0.0856. The van der Waals surface area contributed by atoms with E-state index in [1.54, 1.807) is 12.1 Å². The average molecular weight is 404 g/mol. The molecule has 29 heavy (non-hydrogen) atoms. The van der Waals surface area contributed by atoms with E-state index in [0.29, 0.717) is 35.6 Å². The van der Waals surface area contributed by atoms with Gasteiger partial charge in [0.1, 0.15) is 5.75 Å². The molecule has 1 amide bonds. The lowest BCUT2D eigenvalue weighted by atomic mass is 9.98. The molecule has 1 saturated heterocycles. The smallest absolute Gasteiger partial charge is 0.406 e. The van der Waals surface area contributed by atoms with Crippen molar-refractivity contribution in [2.45, 2.75) is 44.0 Å². The van der Waals surface area contributed by atoms with E-state index >= 15 is 0 Å². The van der Waals surface area contributed by atoms with E-state index in [-0.39, 0.29) is 23.3 Å². The normalized spacial score (nSPS) is 19.9. The van der Waals surface area contributed by atoms with E-state index in [4.69, 9.17) is 0 Å². The number of ether oxygens (including phenoxy) is 1. The predicted octanol–water partition coefficient (Wildman–Crippen LogP) is 3.86. The van der Waals surface area contributed by atoms with Gasteiger partial charge < -0.3 is 15.0 Å². The minimum absolute atomic E-state index is 0.0582. The van der Waals surface area contributed by atoms with Crippen LogP contribution in [0.25, 0.3) is 5.57 Å². The highest BCUT2D eigenvalue weighted by Gasteiger charge is 2.31. The van der Waals surface area contributed by atoms with Crippen LogP contribution >= 0.6 is 0 Å². The quantitative estimate of drug-likeness (QED) is 0.795. The van der Waals surface area contributed by atoms with Crippen molar-refractivity contribution >= 4 is 11.5 Å². The predicted molar refractivity (Wildman–Crippen MR) is 100 cm³/mol. The molecular formula is C21H19F3N2O3. The number of halogens is 3. The molecule has 1 aromatic heterocycles. The summed E-state index contributed by atoms with van der Waals surface area (Å²) in [6.45, 7) is 0. The second kappa shape index (κ2) is 7.42. The minimum Gasteiger partial charge on any atom is -0.406 e. The molecule has 5 nitrogen and oxygen atoms in total. The number of hydrogen-bond donors (Lipinski definition) is 2. The maximum Gasteiger partial charge on any atom is 0.573 e. The Morgan fingerprint density at radius 2 is 1.76 bits per heavy atom. The first-order valence-corrected chi connectivity index (χ1v) is 9.39. The second-order valence-corrected chi connectivity index (χ2v) is 7.30. The monoisotopic (exact) mass is 404 g/mol. The molecule has 2 fully saturated rings. The summed E-state index contributed by atoms with van der Waals surface area (Å²) < 4.78 is 41.2. The fourth-order valence-corrected chi connectivity index (χ4v) is 3.50. The van der Waals surface area contributed by atoms with Gasteiger partial charge in [0, 0.05) is 29.3 Å². The zero-order chi connectivity index (χ0) is 20.6. The van der Waals surface area contributed by atoms with Crippen LogP contribution in [-0.4, -0.2) is 23.3 Å². The molecule has 152 valence electrons. The number of H-pyrrole nitrogens is 1. The third kappa shape index (κ3) is 4.70. The van der Waals surface area contributed by atoms with Gasteiger partial charge in [0.2, 0.25) is 5.91 Å². The molecule has 0 unspecified atom stereocenters. The van der Waals surface area contributed by atoms with E-state index in [1.165, 1.54) is 24.3 Å². The zero-order valence-corrected chi connectivity index (χ0v) is 15.4. The molecule has 4 rings (SSSR count). The Labute approximate surface area is 164 Å². The number of nitrogens with one attached hydrogen (secondary N) is 2. The summed E-state index contributed by atoms with van der Waals surface area (Å²) >= 11 is 0. The molecule has 1 atom stereocenters. The van der Waals surface area contributed by atoms with Gasteiger partial charge in [0.05, 0.1) is 0 Å². The minimum atomic E-state index is -4.77. The number of carbonyl (C=O) groups is 1. The van der Waals surface area contributed by atoms with Crippen molar-refractivity contribution in [3.05, 3.63) is 69.6 Å². The van der Waals surface area contributed by atoms with Crippen molar-refractivity contribution < 1.29 is 22.7 Å². The summed E-state index contributed by atoms with van der Waals surface area (Å²) in [4.78, 5) is 26.9. The lowest BCUT2D eigenvalue weighted by Crippen LogP contribution is -2.23. The number of aromatic nitrogens is 1. The first-order chi connectivity index (χ1) is 13.8. The summed E-state index contributed by atoms with van der Waals surface area (Å²) in [5.41, 5.74) is 2.37. The average Bonchev–Trinajstić information content (AvgIpc) is 3.41. The molecule has 1 aliphatic heterocycles. The highest BCUT2D eigenvalue weighted by atomic mass is 19.4. The van der Waals surface area contributed by atoms with Crippen molar-refractivity contribution in [3.63, 3.8) is 0 Å². The van der Waals surface area contributed by atoms with Crippen LogP contribution in [0.5, 0.6) is 5.75 Å². The Bertz CT molecular complexity index is 1010. The number of aromatic amines is 1. The first-order valence-electron chi connectivity index (χ1n) is 9.39. The van der Waals surface area contributed by atoms with Gasteiger partial charge in [0.15, 0.2) is 0 Å². The van der Waals surface area contributed by atoms with Crippen LogP contribution in [0.4, 0.5) is 13.2 Å². The Morgan fingerprint density at radius 3 is 2.31 bits per heavy atom. The van der Waals surface area contributed by atoms with Crippen LogP contribution in [0.3, 0.4) is 0 Å². The molecule has 0 spiro atoms. The van der Waals surface area contributed by atoms with Gasteiger partial charge in [0.25, 0.3) is 5.56 Å². The van der Waals surface area contributed by atoms with Crippen molar-refractivity contribution in [1.82, 2.24) is 10.3 Å². The van der Waals surface area contributed by atoms with Crippen LogP contribution < -0.4 is 15.6 Å². The van der Waals surface area contributed by atoms with Crippen LogP contribution in [0.1, 0.15) is 48.4 Å². The molecule has 2 aliphatic rings. The zero-order valence-electron chi connectivity index (χ0n) is 15.4. The SMILES string of the molecule is O=C1CC[C@H](C=C(c2ccc(OC(F)(F)F)cc2)c2ccc(C3CC3)c(=O)[nH]2)N1. The van der Waals surface area contributed by atoms with Crippen LogP contribution in [0.15, 0.2) is 47.3 Å². The highest BCUT2D eigenvalue weighted by molar-refractivity contribution is 5.82. The van der Waals surface area contributed by atoms with Crippen LogP contribution in [0.2, 0.25) is 0 Å². The highest BCUT2D eigenvalue weighted by Crippen LogP contribution is 2.38. The molecule has 0 radical (unpaired) electrons. The Kier molecular flexibility index (Phi) is 4.94. The lowest BCUT2D eigenvalue weighted by molar-refractivity contribution is -0.274. The van der Waals surface area contributed by atoms with E-state index in [0.717, 1.165) is 18.4 Å². The molecule has 2 heterocycles. The van der Waals surface area contributed by atoms with Crippen LogP contribution in [-0.2, 0) is 4.79 Å². The second-order valence-electron chi connectivity index (χ2n) is 7.30. The van der Waals surface area contributed by atoms with Crippen molar-refractivity contribution in [2.24, 2.45) is 0 Å². The summed E-state index contributed by atoms with van der Waals surface area (Å²) in [6, 6.07) is 8.83. The molecule has 1 saturated carbocycles. The van der Waals surface area contributed by atoms with Gasteiger partial charge in [-0.15, -0.1) is 13.2 Å². The Hall–Kier alpha value is -3.03. The van der Waals surface area contributed by atoms with Gasteiger partial charge in [-0.25, -0.2) is 0 Å². The van der Waals surface area contributed by atoms with E-state index in [9.17, 15) is 22.8 Å². The largest absolute Gasteiger partial charge is 0.573 e. The molecular weight excluding hydrogens is 385 g/mol. The lowest BCUT2D eigenvalue weighted by Gasteiger charge is -2.14. The summed E-state index contributed by atoms with van der Waals surface area (Å²) in [7, 11) is 0. The standard InChI is InChI=1S/C21H19F3N2O3/c22-21(23,24)29-15-6-3-13(4-7-15)17(11-14-5-10-19(27)25-14)18-9-8-16(12-1-2-12)20(28)26-18/h3-4,6-9,11-12,14H,1-2,5,10H2,(H,25,27)(H,26,28)/t14-/m1/s1. The topological polar surface area (TPSA) is 71.2 Å². The molecule has 2 aromatic rings. The Balaban J connectivity index is 1.69. The number of pyridine rings is 1. The van der Waals surface area contributed by atoms with Gasteiger partial charge in [-0.2, -0.15) is 0 Å². The maximum atomic E-state index is 12.5. The molecule has 1 aromatic carbocycles. The Morgan fingerprint density at radius 1 is 1.03 bits per heavy atom. The van der Waals surface area contributed by atoms with Crippen molar-refractivity contribution in [1.29, 1.82) is 0 Å². The number of rotatable bonds is 5. The van der Waals surface area contributed by atoms with E-state index in [2.05, 4.69) is 15.0 Å². The number of amides is 1. The number of hydrogen-bond acceptors (Lipinski definition) is 3. The number of carbonyl (C=O) groups excluding carboxylic acids is 1. The first kappa shape index (κ1) is 19.3. The molecule has 1 aliphatic carbocycles. The van der Waals surface area contributed by atoms with Gasteiger partial charge >= 0.3 is 6.36 Å². The summed E-state index contributed by atoms with van der Waals surface area (Å²) in [6.07, 6.45) is 0.0799. The van der Waals surface area contributed by atoms with Crippen LogP contribution in [0, 0.1) is 0 Å². The molecule has 0 bridgehead atoms. The van der Waals surface area contributed by atoms with Gasteiger partial charge in [-0.05, 0) is 48.9 Å². The number of benzene rings is 1. The van der Waals surface area contributed by atoms with Gasteiger partial charge in [-0.3, -0.25) is 9.59 Å². The van der Waals surface area contributed by atoms with E-state index < -0.39 is 6.36 Å². The van der Waals surface area contributed by atoms with Crippen molar-refractivity contribution in [2.75, 3.05) is 0 Å². The molecule has 2 N–H and O–H groups in total. The molecule has 8 heteroatoms. The van der Waals surface area contributed by atoms with Gasteiger partial charge in [-0.1, -0.05) is 24.3 Å². The van der Waals surface area contributed by atoms with E-state index in [1.807, 2.05) is 6.08 Å². The third-order valence-electron chi connectivity index (χ3n) is 5.04. The van der Waals surface area contributed by atoms with Crippen molar-refractivity contribution in [3.8, 4) is 5.75 Å². The fourth-order valence-electron chi connectivity index (χ4n) is 3.50. The number of alkyl halides is 3. The summed E-state index contributed by atoms with van der Waals surface area (Å²) in [5, 5.41) is 2.84. The maximum absolute atomic E-state index is 12.5. The fraction of sp³-hybridized carbons (Fsp3) is 0.333.